The van der Waals surface area contributed by atoms with Gasteiger partial charge in [-0.3, -0.25) is 29.3 Å². The Bertz CT molecular complexity index is 855. The second-order valence-corrected chi connectivity index (χ2v) is 6.01. The van der Waals surface area contributed by atoms with Crippen molar-refractivity contribution >= 4 is 35.4 Å². The third-order valence-corrected chi connectivity index (χ3v) is 3.50. The molecule has 5 N–H and O–H groups in total. The van der Waals surface area contributed by atoms with Crippen LogP contribution < -0.4 is 21.1 Å². The van der Waals surface area contributed by atoms with Gasteiger partial charge in [0.05, 0.1) is 17.4 Å². The first-order valence-electron chi connectivity index (χ1n) is 8.63. The molecule has 1 aromatic rings. The number of nitrogens with two attached hydrogens (primary N) is 1. The van der Waals surface area contributed by atoms with Gasteiger partial charge in [-0.1, -0.05) is 0 Å². The SMILES string of the molecule is CC(=O)OC[C@@H](NC(=O)[C@@H](N)CC(=O)O)C(=O)NCC(=O)Oc1ccc([N+](=O)[O-])cc1. The molecular weight excluding hydrogens is 420 g/mol. The van der Waals surface area contributed by atoms with Crippen LogP contribution in [0.1, 0.15) is 13.3 Å². The number of amides is 2. The molecule has 2 amide bonds. The maximum Gasteiger partial charge on any atom is 0.330 e. The van der Waals surface area contributed by atoms with Crippen molar-refractivity contribution in [2.75, 3.05) is 13.2 Å². The van der Waals surface area contributed by atoms with Gasteiger partial charge in [0.15, 0.2) is 0 Å². The maximum atomic E-state index is 12.3. The Hall–Kier alpha value is -4.07. The third-order valence-electron chi connectivity index (χ3n) is 3.50. The lowest BCUT2D eigenvalue weighted by Gasteiger charge is -2.19. The molecule has 0 saturated carbocycles. The predicted molar refractivity (Wildman–Crippen MR) is 101 cm³/mol. The molecule has 0 bridgehead atoms. The quantitative estimate of drug-likeness (QED) is 0.134. The molecule has 0 unspecified atom stereocenters. The van der Waals surface area contributed by atoms with Gasteiger partial charge >= 0.3 is 17.9 Å². The summed E-state index contributed by atoms with van der Waals surface area (Å²) >= 11 is 0. The number of esters is 2. The van der Waals surface area contributed by atoms with E-state index < -0.39 is 66.3 Å². The van der Waals surface area contributed by atoms with E-state index in [1.54, 1.807) is 0 Å². The van der Waals surface area contributed by atoms with Crippen LogP contribution >= 0.6 is 0 Å². The van der Waals surface area contributed by atoms with Gasteiger partial charge in [0, 0.05) is 19.1 Å². The van der Waals surface area contributed by atoms with E-state index in [4.69, 9.17) is 15.6 Å². The minimum atomic E-state index is -1.46. The van der Waals surface area contributed by atoms with Crippen LogP contribution in [-0.2, 0) is 28.7 Å². The average Bonchev–Trinajstić information content (AvgIpc) is 2.68. The fourth-order valence-electron chi connectivity index (χ4n) is 2.03. The van der Waals surface area contributed by atoms with Crippen LogP contribution in [0.25, 0.3) is 0 Å². The fraction of sp³-hybridized carbons (Fsp3) is 0.353. The zero-order chi connectivity index (χ0) is 23.6. The molecule has 14 heteroatoms. The number of non-ortho nitro benzene ring substituents is 1. The number of nitro groups is 1. The van der Waals surface area contributed by atoms with Gasteiger partial charge < -0.3 is 30.9 Å². The Balaban J connectivity index is 2.66. The van der Waals surface area contributed by atoms with Gasteiger partial charge in [-0.2, -0.15) is 0 Å². The fourth-order valence-corrected chi connectivity index (χ4v) is 2.03. The Kier molecular flexibility index (Phi) is 9.52. The standard InChI is InChI=1S/C17H20N4O10/c1-9(22)30-8-13(20-16(26)12(18)6-14(23)24)17(27)19-7-15(25)31-11-4-2-10(3-5-11)21(28)29/h2-5,12-13H,6-8,18H2,1H3,(H,19,27)(H,20,26)(H,23,24)/t12-,13+/m0/s1. The van der Waals surface area contributed by atoms with Crippen molar-refractivity contribution in [1.29, 1.82) is 0 Å². The average molecular weight is 440 g/mol. The minimum absolute atomic E-state index is 0.00532. The third kappa shape index (κ3) is 9.31. The molecule has 0 spiro atoms. The lowest BCUT2D eigenvalue weighted by atomic mass is 10.2. The highest BCUT2D eigenvalue weighted by atomic mass is 16.6. The largest absolute Gasteiger partial charge is 0.481 e. The smallest absolute Gasteiger partial charge is 0.330 e. The van der Waals surface area contributed by atoms with Crippen molar-refractivity contribution in [3.8, 4) is 5.75 Å². The molecule has 0 fully saturated rings. The summed E-state index contributed by atoms with van der Waals surface area (Å²) in [5.41, 5.74) is 5.20. The number of rotatable bonds is 11. The molecule has 1 aromatic carbocycles. The highest BCUT2D eigenvalue weighted by Crippen LogP contribution is 2.17. The van der Waals surface area contributed by atoms with Crippen molar-refractivity contribution in [3.05, 3.63) is 34.4 Å². The van der Waals surface area contributed by atoms with E-state index in [0.717, 1.165) is 19.1 Å². The number of aliphatic carboxylic acids is 1. The van der Waals surface area contributed by atoms with Crippen molar-refractivity contribution in [2.24, 2.45) is 5.73 Å². The number of benzene rings is 1. The number of hydrogen-bond acceptors (Lipinski definition) is 10. The normalized spacial score (nSPS) is 12.1. The Labute approximate surface area is 174 Å². The summed E-state index contributed by atoms with van der Waals surface area (Å²) in [6.45, 7) is -0.179. The number of nitrogens with zero attached hydrogens (tertiary/aromatic N) is 1. The molecule has 31 heavy (non-hydrogen) atoms. The number of ether oxygens (including phenoxy) is 2. The number of carboxylic acids is 1. The van der Waals surface area contributed by atoms with Gasteiger partial charge in [-0.05, 0) is 12.1 Å². The number of nitrogens with one attached hydrogen (secondary N) is 2. The highest BCUT2D eigenvalue weighted by Gasteiger charge is 2.26. The van der Waals surface area contributed by atoms with E-state index >= 15 is 0 Å². The Morgan fingerprint density at radius 2 is 1.77 bits per heavy atom. The zero-order valence-electron chi connectivity index (χ0n) is 16.2. The number of carbonyl (C=O) groups is 5. The zero-order valence-corrected chi connectivity index (χ0v) is 16.2. The molecule has 0 heterocycles. The van der Waals surface area contributed by atoms with Crippen molar-refractivity contribution < 1.29 is 43.5 Å². The van der Waals surface area contributed by atoms with E-state index in [1.165, 1.54) is 12.1 Å². The van der Waals surface area contributed by atoms with E-state index in [9.17, 15) is 34.1 Å². The van der Waals surface area contributed by atoms with Crippen LogP contribution in [0, 0.1) is 10.1 Å². The van der Waals surface area contributed by atoms with Gasteiger partial charge in [-0.15, -0.1) is 0 Å². The summed E-state index contributed by atoms with van der Waals surface area (Å²) in [4.78, 5) is 67.6. The number of nitro benzene ring substituents is 1. The van der Waals surface area contributed by atoms with Gasteiger partial charge in [0.25, 0.3) is 5.69 Å². The monoisotopic (exact) mass is 440 g/mol. The van der Waals surface area contributed by atoms with Gasteiger partial charge in [-0.25, -0.2) is 4.79 Å². The van der Waals surface area contributed by atoms with Crippen molar-refractivity contribution in [2.45, 2.75) is 25.4 Å². The first-order chi connectivity index (χ1) is 14.5. The molecule has 0 radical (unpaired) electrons. The summed E-state index contributed by atoms with van der Waals surface area (Å²) in [6, 6.07) is 1.69. The first-order valence-corrected chi connectivity index (χ1v) is 8.63. The number of carboxylic acid groups (broad SMARTS) is 1. The van der Waals surface area contributed by atoms with Crippen LogP contribution in [-0.4, -0.2) is 65.0 Å². The Morgan fingerprint density at radius 1 is 1.16 bits per heavy atom. The molecule has 0 aliphatic carbocycles. The summed E-state index contributed by atoms with van der Waals surface area (Å²) in [5.74, 6) is -4.94. The van der Waals surface area contributed by atoms with Gasteiger partial charge in [0.2, 0.25) is 11.8 Å². The van der Waals surface area contributed by atoms with Crippen molar-refractivity contribution in [1.82, 2.24) is 10.6 Å². The lowest BCUT2D eigenvalue weighted by Crippen LogP contribution is -2.54. The summed E-state index contributed by atoms with van der Waals surface area (Å²) in [5, 5.41) is 23.6. The summed E-state index contributed by atoms with van der Waals surface area (Å²) in [7, 11) is 0. The maximum absolute atomic E-state index is 12.3. The molecule has 0 aliphatic rings. The van der Waals surface area contributed by atoms with Gasteiger partial charge in [0.1, 0.15) is 24.9 Å². The molecule has 2 atom stereocenters. The van der Waals surface area contributed by atoms with Crippen LogP contribution in [0.2, 0.25) is 0 Å². The molecule has 0 aromatic heterocycles. The number of carbonyl (C=O) groups excluding carboxylic acids is 4. The summed E-state index contributed by atoms with van der Waals surface area (Å²) < 4.78 is 9.58. The Morgan fingerprint density at radius 3 is 2.29 bits per heavy atom. The molecule has 168 valence electrons. The molecule has 0 aliphatic heterocycles. The van der Waals surface area contributed by atoms with E-state index in [-0.39, 0.29) is 11.4 Å². The highest BCUT2D eigenvalue weighted by molar-refractivity contribution is 5.92. The topological polar surface area (TPSA) is 217 Å². The van der Waals surface area contributed by atoms with E-state index in [2.05, 4.69) is 15.4 Å². The molecule has 14 nitrogen and oxygen atoms in total. The van der Waals surface area contributed by atoms with E-state index in [1.807, 2.05) is 0 Å². The summed E-state index contributed by atoms with van der Waals surface area (Å²) in [6.07, 6.45) is -0.699. The second kappa shape index (κ2) is 11.8. The van der Waals surface area contributed by atoms with Crippen molar-refractivity contribution in [3.63, 3.8) is 0 Å². The molecule has 0 saturated heterocycles. The minimum Gasteiger partial charge on any atom is -0.481 e. The van der Waals surface area contributed by atoms with Crippen LogP contribution in [0.4, 0.5) is 5.69 Å². The van der Waals surface area contributed by atoms with Crippen LogP contribution in [0.3, 0.4) is 0 Å². The molecular formula is C17H20N4O10. The lowest BCUT2D eigenvalue weighted by molar-refractivity contribution is -0.384. The van der Waals surface area contributed by atoms with E-state index in [0.29, 0.717) is 0 Å². The van der Waals surface area contributed by atoms with Crippen LogP contribution in [0.15, 0.2) is 24.3 Å². The van der Waals surface area contributed by atoms with Crippen LogP contribution in [0.5, 0.6) is 5.75 Å². The second-order valence-electron chi connectivity index (χ2n) is 6.01. The molecule has 1 rings (SSSR count). The predicted octanol–water partition coefficient (Wildman–Crippen LogP) is -1.53. The number of hydrogen-bond donors (Lipinski definition) is 4. The first kappa shape index (κ1) is 25.0.